The van der Waals surface area contributed by atoms with Crippen molar-refractivity contribution in [2.24, 2.45) is 5.92 Å². The molecule has 2 aliphatic rings. The molecule has 2 aliphatic heterocycles. The van der Waals surface area contributed by atoms with Crippen LogP contribution < -0.4 is 25.6 Å². The van der Waals surface area contributed by atoms with Crippen LogP contribution in [0.2, 0.25) is 0 Å². The number of benzene rings is 1. The Kier molecular flexibility index (Phi) is 6.48. The van der Waals surface area contributed by atoms with E-state index in [9.17, 15) is 19.2 Å². The molecule has 1 aromatic heterocycles. The summed E-state index contributed by atoms with van der Waals surface area (Å²) >= 11 is 0. The molecular weight excluding hydrogens is 442 g/mol. The zero-order valence-corrected chi connectivity index (χ0v) is 19.1. The number of hydrogen-bond acceptors (Lipinski definition) is 7. The molecule has 0 fully saturated rings. The third-order valence-electron chi connectivity index (χ3n) is 5.83. The number of aromatic nitrogens is 3. The lowest BCUT2D eigenvalue weighted by molar-refractivity contribution is -0.132. The Morgan fingerprint density at radius 2 is 2.09 bits per heavy atom. The van der Waals surface area contributed by atoms with E-state index in [1.165, 1.54) is 18.0 Å². The number of anilines is 1. The molecule has 4 amide bonds. The Morgan fingerprint density at radius 1 is 1.29 bits per heavy atom. The quantitative estimate of drug-likeness (QED) is 0.422. The molecule has 2 aromatic rings. The van der Waals surface area contributed by atoms with Gasteiger partial charge in [-0.15, -0.1) is 0 Å². The van der Waals surface area contributed by atoms with Gasteiger partial charge in [-0.2, -0.15) is 15.4 Å². The zero-order chi connectivity index (χ0) is 24.4. The first-order valence-electron chi connectivity index (χ1n) is 11.0. The summed E-state index contributed by atoms with van der Waals surface area (Å²) in [4.78, 5) is 52.6. The molecule has 0 unspecified atom stereocenters. The lowest BCUT2D eigenvalue weighted by atomic mass is 10.0. The van der Waals surface area contributed by atoms with Crippen LogP contribution in [0.5, 0.6) is 5.75 Å². The van der Waals surface area contributed by atoms with Gasteiger partial charge < -0.3 is 20.7 Å². The van der Waals surface area contributed by atoms with Crippen LogP contribution in [0.1, 0.15) is 32.0 Å². The van der Waals surface area contributed by atoms with Crippen LogP contribution in [0.4, 0.5) is 5.69 Å². The first-order chi connectivity index (χ1) is 16.3. The molecule has 180 valence electrons. The molecule has 34 heavy (non-hydrogen) atoms. The van der Waals surface area contributed by atoms with E-state index in [0.717, 1.165) is 5.56 Å². The number of rotatable bonds is 7. The van der Waals surface area contributed by atoms with E-state index in [-0.39, 0.29) is 30.9 Å². The van der Waals surface area contributed by atoms with Crippen molar-refractivity contribution in [1.29, 1.82) is 0 Å². The molecule has 12 heteroatoms. The number of nitrogens with one attached hydrogen (secondary N) is 4. The predicted molar refractivity (Wildman–Crippen MR) is 120 cm³/mol. The molecule has 0 saturated heterocycles. The van der Waals surface area contributed by atoms with Crippen molar-refractivity contribution in [3.8, 4) is 5.75 Å². The van der Waals surface area contributed by atoms with Crippen LogP contribution >= 0.6 is 0 Å². The SMILES string of the molecule is CC(=O)N[C@H](C(=O)N[C@H]1COc2cccc3c2N(C1=O)[C@H](C(=O)NCc1cn[nH]n1)C3)C(C)C. The van der Waals surface area contributed by atoms with E-state index >= 15 is 0 Å². The number of para-hydroxylation sites is 1. The molecule has 3 heterocycles. The van der Waals surface area contributed by atoms with Gasteiger partial charge in [-0.05, 0) is 17.5 Å². The number of H-pyrrole nitrogens is 1. The maximum absolute atomic E-state index is 13.6. The molecule has 0 saturated carbocycles. The normalized spacial score (nSPS) is 19.6. The molecule has 4 N–H and O–H groups in total. The van der Waals surface area contributed by atoms with Crippen LogP contribution in [0.15, 0.2) is 24.4 Å². The van der Waals surface area contributed by atoms with Crippen molar-refractivity contribution >= 4 is 29.3 Å². The number of aromatic amines is 1. The van der Waals surface area contributed by atoms with Crippen LogP contribution in [-0.2, 0) is 32.1 Å². The standard InChI is InChI=1S/C22H27N7O5/c1-11(2)18(25-12(3)30)21(32)26-15-10-34-17-6-4-5-13-7-16(29(19(13)17)22(15)33)20(31)23-8-14-9-24-28-27-14/h4-6,9,11,15-16,18H,7-8,10H2,1-3H3,(H,23,31)(H,25,30)(H,26,32)(H,24,27,28)/t15-,16-,18-/m0/s1. The smallest absolute Gasteiger partial charge is 0.253 e. The summed E-state index contributed by atoms with van der Waals surface area (Å²) in [6, 6.07) is 2.72. The fourth-order valence-electron chi connectivity index (χ4n) is 4.19. The molecule has 4 rings (SSSR count). The Balaban J connectivity index is 1.56. The second-order valence-corrected chi connectivity index (χ2v) is 8.67. The van der Waals surface area contributed by atoms with Crippen molar-refractivity contribution in [3.63, 3.8) is 0 Å². The number of amides is 4. The van der Waals surface area contributed by atoms with E-state index < -0.39 is 29.9 Å². The van der Waals surface area contributed by atoms with Crippen LogP contribution in [-0.4, -0.2) is 63.8 Å². The topological polar surface area (TPSA) is 158 Å². The van der Waals surface area contributed by atoms with Crippen LogP contribution in [0.3, 0.4) is 0 Å². The second-order valence-electron chi connectivity index (χ2n) is 8.67. The number of nitrogens with zero attached hydrogens (tertiary/aromatic N) is 3. The van der Waals surface area contributed by atoms with Crippen molar-refractivity contribution in [2.75, 3.05) is 11.5 Å². The molecule has 0 aliphatic carbocycles. The maximum atomic E-state index is 13.6. The summed E-state index contributed by atoms with van der Waals surface area (Å²) in [6.07, 6.45) is 1.81. The Morgan fingerprint density at radius 3 is 2.76 bits per heavy atom. The van der Waals surface area contributed by atoms with Gasteiger partial charge in [0.2, 0.25) is 17.7 Å². The number of ether oxygens (including phenoxy) is 1. The number of carbonyl (C=O) groups is 4. The fourth-order valence-corrected chi connectivity index (χ4v) is 4.19. The largest absolute Gasteiger partial charge is 0.489 e. The van der Waals surface area contributed by atoms with E-state index in [2.05, 4.69) is 31.4 Å². The highest BCUT2D eigenvalue weighted by Gasteiger charge is 2.45. The van der Waals surface area contributed by atoms with Gasteiger partial charge >= 0.3 is 0 Å². The Hall–Kier alpha value is -3.96. The van der Waals surface area contributed by atoms with Gasteiger partial charge in [-0.3, -0.25) is 24.1 Å². The minimum absolute atomic E-state index is 0.101. The third kappa shape index (κ3) is 4.56. The Bertz CT molecular complexity index is 1100. The molecule has 0 radical (unpaired) electrons. The molecule has 0 spiro atoms. The van der Waals surface area contributed by atoms with Crippen molar-refractivity contribution in [1.82, 2.24) is 31.4 Å². The maximum Gasteiger partial charge on any atom is 0.253 e. The first kappa shape index (κ1) is 23.2. The van der Waals surface area contributed by atoms with Gasteiger partial charge in [0, 0.05) is 13.3 Å². The lowest BCUT2D eigenvalue weighted by Crippen LogP contribution is -2.59. The highest BCUT2D eigenvalue weighted by atomic mass is 16.5. The van der Waals surface area contributed by atoms with E-state index in [1.54, 1.807) is 26.0 Å². The van der Waals surface area contributed by atoms with E-state index in [0.29, 0.717) is 23.6 Å². The number of hydrogen-bond donors (Lipinski definition) is 4. The fraction of sp³-hybridized carbons (Fsp3) is 0.455. The summed E-state index contributed by atoms with van der Waals surface area (Å²) in [5, 5.41) is 18.2. The average Bonchev–Trinajstić information content (AvgIpc) is 3.42. The highest BCUT2D eigenvalue weighted by Crippen LogP contribution is 2.42. The minimum Gasteiger partial charge on any atom is -0.489 e. The molecular formula is C22H27N7O5. The lowest BCUT2D eigenvalue weighted by Gasteiger charge is -2.28. The van der Waals surface area contributed by atoms with Gasteiger partial charge in [0.15, 0.2) is 0 Å². The molecule has 3 atom stereocenters. The first-order valence-corrected chi connectivity index (χ1v) is 11.0. The van der Waals surface area contributed by atoms with E-state index in [4.69, 9.17) is 4.74 Å². The van der Waals surface area contributed by atoms with Crippen molar-refractivity contribution in [3.05, 3.63) is 35.7 Å². The summed E-state index contributed by atoms with van der Waals surface area (Å²) in [5.41, 5.74) is 1.89. The van der Waals surface area contributed by atoms with Gasteiger partial charge in [-0.1, -0.05) is 26.0 Å². The van der Waals surface area contributed by atoms with Crippen molar-refractivity contribution in [2.45, 2.75) is 51.9 Å². The van der Waals surface area contributed by atoms with Crippen LogP contribution in [0.25, 0.3) is 0 Å². The molecule has 0 bridgehead atoms. The van der Waals surface area contributed by atoms with E-state index in [1.807, 2.05) is 6.07 Å². The van der Waals surface area contributed by atoms with Gasteiger partial charge in [0.1, 0.15) is 36.2 Å². The number of carbonyl (C=O) groups excluding carboxylic acids is 4. The third-order valence-corrected chi connectivity index (χ3v) is 5.83. The molecule has 1 aromatic carbocycles. The molecule has 12 nitrogen and oxygen atoms in total. The summed E-state index contributed by atoms with van der Waals surface area (Å²) < 4.78 is 5.87. The van der Waals surface area contributed by atoms with Gasteiger partial charge in [-0.25, -0.2) is 0 Å². The summed E-state index contributed by atoms with van der Waals surface area (Å²) in [6.45, 7) is 4.97. The van der Waals surface area contributed by atoms with Crippen LogP contribution in [0, 0.1) is 5.92 Å². The monoisotopic (exact) mass is 469 g/mol. The average molecular weight is 470 g/mol. The highest BCUT2D eigenvalue weighted by molar-refractivity contribution is 6.08. The Labute approximate surface area is 195 Å². The van der Waals surface area contributed by atoms with Gasteiger partial charge in [0.05, 0.1) is 18.4 Å². The van der Waals surface area contributed by atoms with Gasteiger partial charge in [0.25, 0.3) is 5.91 Å². The van der Waals surface area contributed by atoms with Crippen molar-refractivity contribution < 1.29 is 23.9 Å². The zero-order valence-electron chi connectivity index (χ0n) is 19.1. The minimum atomic E-state index is -1.04. The summed E-state index contributed by atoms with van der Waals surface area (Å²) in [5.74, 6) is -1.39. The second kappa shape index (κ2) is 9.49. The predicted octanol–water partition coefficient (Wildman–Crippen LogP) is -0.583. The summed E-state index contributed by atoms with van der Waals surface area (Å²) in [7, 11) is 0.